The third-order valence-corrected chi connectivity index (χ3v) is 3.10. The Morgan fingerprint density at radius 3 is 2.75 bits per heavy atom. The molecule has 1 aliphatic rings. The maximum Gasteiger partial charge on any atom is 0.416 e. The lowest BCUT2D eigenvalue weighted by atomic mass is 10.1. The number of phenols is 1. The van der Waals surface area contributed by atoms with Crippen LogP contribution < -0.4 is 0 Å². The summed E-state index contributed by atoms with van der Waals surface area (Å²) in [5.74, 6) is -0.856. The number of aromatic hydroxyl groups is 1. The highest BCUT2D eigenvalue weighted by Gasteiger charge is 2.44. The Morgan fingerprint density at radius 1 is 1.45 bits per heavy atom. The lowest BCUT2D eigenvalue weighted by Gasteiger charge is -2.33. The summed E-state index contributed by atoms with van der Waals surface area (Å²) in [5.41, 5.74) is 0.757. The van der Waals surface area contributed by atoms with Gasteiger partial charge in [-0.25, -0.2) is 0 Å². The van der Waals surface area contributed by atoms with Crippen LogP contribution in [0.1, 0.15) is 15.9 Å². The van der Waals surface area contributed by atoms with E-state index in [1.165, 1.54) is 12.1 Å². The van der Waals surface area contributed by atoms with Gasteiger partial charge < -0.3 is 14.7 Å². The van der Waals surface area contributed by atoms with Gasteiger partial charge in [0.1, 0.15) is 5.75 Å². The minimum absolute atomic E-state index is 0.00146. The van der Waals surface area contributed by atoms with Gasteiger partial charge in [-0.15, -0.1) is 0 Å². The van der Waals surface area contributed by atoms with Gasteiger partial charge in [-0.3, -0.25) is 4.79 Å². The molecule has 110 valence electrons. The van der Waals surface area contributed by atoms with Crippen molar-refractivity contribution in [1.29, 1.82) is 0 Å². The van der Waals surface area contributed by atoms with Gasteiger partial charge in [0.15, 0.2) is 6.10 Å². The van der Waals surface area contributed by atoms with E-state index in [-0.39, 0.29) is 24.5 Å². The highest BCUT2D eigenvalue weighted by Crippen LogP contribution is 2.27. The largest absolute Gasteiger partial charge is 0.507 e. The molecule has 1 atom stereocenters. The Bertz CT molecular complexity index is 516. The number of hydrogen-bond acceptors (Lipinski definition) is 3. The average molecular weight is 289 g/mol. The van der Waals surface area contributed by atoms with Crippen molar-refractivity contribution in [2.24, 2.45) is 0 Å². The van der Waals surface area contributed by atoms with Crippen molar-refractivity contribution in [2.75, 3.05) is 19.7 Å². The van der Waals surface area contributed by atoms with Gasteiger partial charge in [0.05, 0.1) is 18.7 Å². The number of phenolic OH excluding ortho intramolecular Hbond substituents is 1. The number of benzene rings is 1. The Hall–Kier alpha value is -1.76. The second kappa shape index (κ2) is 5.32. The summed E-state index contributed by atoms with van der Waals surface area (Å²) in [6.07, 6.45) is -6.48. The van der Waals surface area contributed by atoms with Gasteiger partial charge in [0.2, 0.25) is 0 Å². The first-order valence-corrected chi connectivity index (χ1v) is 6.06. The van der Waals surface area contributed by atoms with Gasteiger partial charge in [0, 0.05) is 6.54 Å². The molecule has 1 amide bonds. The maximum absolute atomic E-state index is 12.6. The fourth-order valence-electron chi connectivity index (χ4n) is 2.02. The summed E-state index contributed by atoms with van der Waals surface area (Å²) < 4.78 is 42.4. The first-order chi connectivity index (χ1) is 9.29. The van der Waals surface area contributed by atoms with Crippen LogP contribution in [0, 0.1) is 6.92 Å². The molecule has 1 N–H and O–H groups in total. The lowest BCUT2D eigenvalue weighted by Crippen LogP contribution is -2.51. The van der Waals surface area contributed by atoms with Crippen LogP contribution in [-0.2, 0) is 4.74 Å². The van der Waals surface area contributed by atoms with Crippen LogP contribution in [0.3, 0.4) is 0 Å². The van der Waals surface area contributed by atoms with Crippen LogP contribution >= 0.6 is 0 Å². The molecular formula is C13H14F3NO3. The van der Waals surface area contributed by atoms with Gasteiger partial charge in [-0.1, -0.05) is 6.07 Å². The third-order valence-electron chi connectivity index (χ3n) is 3.10. The number of ether oxygens (including phenoxy) is 1. The standard InChI is InChI=1S/C13H14F3NO3/c1-8-2-3-9(10(18)6-8)12(19)17-4-5-20-11(7-17)13(14,15)16/h2-3,6,11,18H,4-5,7H2,1H3/t11-/m1/s1. The molecule has 1 aromatic carbocycles. The monoisotopic (exact) mass is 289 g/mol. The zero-order chi connectivity index (χ0) is 14.9. The Morgan fingerprint density at radius 2 is 2.15 bits per heavy atom. The SMILES string of the molecule is Cc1ccc(C(=O)N2CCO[C@@H](C(F)(F)F)C2)c(O)c1. The molecule has 0 bridgehead atoms. The Kier molecular flexibility index (Phi) is 3.89. The number of carbonyl (C=O) groups excluding carboxylic acids is 1. The van der Waals surface area contributed by atoms with Crippen LogP contribution in [0.15, 0.2) is 18.2 Å². The number of hydrogen-bond donors (Lipinski definition) is 1. The first kappa shape index (κ1) is 14.6. The topological polar surface area (TPSA) is 49.8 Å². The minimum Gasteiger partial charge on any atom is -0.507 e. The lowest BCUT2D eigenvalue weighted by molar-refractivity contribution is -0.233. The molecule has 0 saturated carbocycles. The number of carbonyl (C=O) groups is 1. The number of halogens is 3. The summed E-state index contributed by atoms with van der Waals surface area (Å²) in [6.45, 7) is 1.07. The molecule has 0 aliphatic carbocycles. The summed E-state index contributed by atoms with van der Waals surface area (Å²) in [4.78, 5) is 13.2. The van der Waals surface area contributed by atoms with E-state index in [1.54, 1.807) is 13.0 Å². The van der Waals surface area contributed by atoms with E-state index in [4.69, 9.17) is 0 Å². The molecule has 1 aromatic rings. The molecule has 1 heterocycles. The number of nitrogens with zero attached hydrogens (tertiary/aromatic N) is 1. The number of alkyl halides is 3. The summed E-state index contributed by atoms with van der Waals surface area (Å²) in [6, 6.07) is 4.43. The van der Waals surface area contributed by atoms with Crippen LogP contribution in [0.25, 0.3) is 0 Å². The molecule has 1 saturated heterocycles. The van der Waals surface area contributed by atoms with Crippen molar-refractivity contribution in [1.82, 2.24) is 4.90 Å². The molecule has 0 spiro atoms. The van der Waals surface area contributed by atoms with E-state index in [9.17, 15) is 23.1 Å². The van der Waals surface area contributed by atoms with Gasteiger partial charge in [-0.2, -0.15) is 13.2 Å². The summed E-state index contributed by atoms with van der Waals surface area (Å²) in [7, 11) is 0. The maximum atomic E-state index is 12.6. The fraction of sp³-hybridized carbons (Fsp3) is 0.462. The fourth-order valence-corrected chi connectivity index (χ4v) is 2.02. The summed E-state index contributed by atoms with van der Waals surface area (Å²) in [5, 5.41) is 9.72. The van der Waals surface area contributed by atoms with Gasteiger partial charge >= 0.3 is 6.18 Å². The Balaban J connectivity index is 2.16. The zero-order valence-corrected chi connectivity index (χ0v) is 10.8. The molecule has 1 aliphatic heterocycles. The van der Waals surface area contributed by atoms with Crippen molar-refractivity contribution >= 4 is 5.91 Å². The van der Waals surface area contributed by atoms with E-state index in [0.29, 0.717) is 0 Å². The first-order valence-electron chi connectivity index (χ1n) is 6.06. The van der Waals surface area contributed by atoms with E-state index in [0.717, 1.165) is 10.5 Å². The molecule has 1 fully saturated rings. The normalized spacial score (nSPS) is 20.0. The van der Waals surface area contributed by atoms with Gasteiger partial charge in [-0.05, 0) is 24.6 Å². The number of amides is 1. The second-order valence-corrected chi connectivity index (χ2v) is 4.67. The zero-order valence-electron chi connectivity index (χ0n) is 10.8. The molecular weight excluding hydrogens is 275 g/mol. The predicted molar refractivity (Wildman–Crippen MR) is 64.5 cm³/mol. The summed E-state index contributed by atoms with van der Waals surface area (Å²) >= 11 is 0. The van der Waals surface area contributed by atoms with E-state index in [1.807, 2.05) is 0 Å². The van der Waals surface area contributed by atoms with E-state index in [2.05, 4.69) is 4.74 Å². The van der Waals surface area contributed by atoms with Crippen molar-refractivity contribution < 1.29 is 27.8 Å². The molecule has 2 rings (SSSR count). The molecule has 0 unspecified atom stereocenters. The van der Waals surface area contributed by atoms with Gasteiger partial charge in [0.25, 0.3) is 5.91 Å². The molecule has 7 heteroatoms. The van der Waals surface area contributed by atoms with Crippen LogP contribution in [0.5, 0.6) is 5.75 Å². The van der Waals surface area contributed by atoms with Crippen LogP contribution in [-0.4, -0.2) is 47.9 Å². The van der Waals surface area contributed by atoms with Crippen molar-refractivity contribution in [3.8, 4) is 5.75 Å². The Labute approximate surface area is 113 Å². The minimum atomic E-state index is -4.51. The number of morpholine rings is 1. The number of rotatable bonds is 1. The van der Waals surface area contributed by atoms with Crippen LogP contribution in [0.4, 0.5) is 13.2 Å². The molecule has 0 aromatic heterocycles. The van der Waals surface area contributed by atoms with Crippen molar-refractivity contribution in [2.45, 2.75) is 19.2 Å². The third kappa shape index (κ3) is 3.04. The van der Waals surface area contributed by atoms with Crippen molar-refractivity contribution in [3.05, 3.63) is 29.3 Å². The molecule has 20 heavy (non-hydrogen) atoms. The van der Waals surface area contributed by atoms with E-state index < -0.39 is 24.7 Å². The van der Waals surface area contributed by atoms with E-state index >= 15 is 0 Å². The molecule has 0 radical (unpaired) electrons. The number of aryl methyl sites for hydroxylation is 1. The average Bonchev–Trinajstić information content (AvgIpc) is 2.37. The van der Waals surface area contributed by atoms with Crippen molar-refractivity contribution in [3.63, 3.8) is 0 Å². The highest BCUT2D eigenvalue weighted by atomic mass is 19.4. The predicted octanol–water partition coefficient (Wildman–Crippen LogP) is 2.10. The highest BCUT2D eigenvalue weighted by molar-refractivity contribution is 5.97. The molecule has 4 nitrogen and oxygen atoms in total. The second-order valence-electron chi connectivity index (χ2n) is 4.67. The van der Waals surface area contributed by atoms with Crippen LogP contribution in [0.2, 0.25) is 0 Å². The quantitative estimate of drug-likeness (QED) is 0.861. The smallest absolute Gasteiger partial charge is 0.416 e.